The van der Waals surface area contributed by atoms with Crippen molar-refractivity contribution in [1.29, 1.82) is 0 Å². The Balaban J connectivity index is 1.49. The van der Waals surface area contributed by atoms with E-state index >= 15 is 0 Å². The van der Waals surface area contributed by atoms with Crippen LogP contribution in [0.4, 0.5) is 5.69 Å². The number of rotatable bonds is 9. The van der Waals surface area contributed by atoms with E-state index in [0.717, 1.165) is 5.56 Å². The zero-order valence-electron chi connectivity index (χ0n) is 18.5. The van der Waals surface area contributed by atoms with Crippen molar-refractivity contribution in [2.75, 3.05) is 5.32 Å². The number of hydrogen-bond donors (Lipinski definition) is 2. The van der Waals surface area contributed by atoms with Gasteiger partial charge in [0.2, 0.25) is 15.9 Å². The summed E-state index contributed by atoms with van der Waals surface area (Å²) in [6.45, 7) is 0. The van der Waals surface area contributed by atoms with Crippen molar-refractivity contribution in [1.82, 2.24) is 4.72 Å². The molecule has 0 fully saturated rings. The molecule has 1 atom stereocenters. The molecule has 0 aliphatic rings. The highest BCUT2D eigenvalue weighted by Crippen LogP contribution is 2.25. The molecule has 2 N–H and O–H groups in total. The third-order valence-electron chi connectivity index (χ3n) is 5.05. The van der Waals surface area contributed by atoms with Crippen LogP contribution < -0.4 is 14.8 Å². The molecular weight excluding hydrogens is 484 g/mol. The Morgan fingerprint density at radius 1 is 0.886 bits per heavy atom. The molecule has 8 heteroatoms. The molecule has 1 amide bonds. The van der Waals surface area contributed by atoms with E-state index in [1.54, 1.807) is 91.0 Å². The molecule has 0 aliphatic carbocycles. The molecule has 0 unspecified atom stereocenters. The van der Waals surface area contributed by atoms with E-state index in [0.29, 0.717) is 22.2 Å². The number of ether oxygens (including phenoxy) is 1. The summed E-state index contributed by atoms with van der Waals surface area (Å²) >= 11 is 5.99. The molecule has 1 radical (unpaired) electrons. The number of sulfonamides is 1. The van der Waals surface area contributed by atoms with E-state index < -0.39 is 22.0 Å². The molecule has 0 saturated carbocycles. The van der Waals surface area contributed by atoms with Crippen LogP contribution in [0.5, 0.6) is 11.5 Å². The van der Waals surface area contributed by atoms with Crippen LogP contribution in [0.2, 0.25) is 5.02 Å². The number of carbonyl (C=O) groups is 1. The van der Waals surface area contributed by atoms with Gasteiger partial charge in [0.25, 0.3) is 0 Å². The summed E-state index contributed by atoms with van der Waals surface area (Å²) in [6, 6.07) is 30.6. The van der Waals surface area contributed by atoms with Crippen molar-refractivity contribution in [3.63, 3.8) is 0 Å². The van der Waals surface area contributed by atoms with Crippen molar-refractivity contribution < 1.29 is 17.9 Å². The molecule has 0 bridgehead atoms. The summed E-state index contributed by atoms with van der Waals surface area (Å²) in [6.07, 6.45) is 0.169. The fourth-order valence-corrected chi connectivity index (χ4v) is 4.74. The first kappa shape index (κ1) is 24.5. The number of carbonyl (C=O) groups excluding carboxylic acids is 1. The minimum Gasteiger partial charge on any atom is -0.457 e. The van der Waals surface area contributed by atoms with E-state index in [-0.39, 0.29) is 11.3 Å². The van der Waals surface area contributed by atoms with Crippen molar-refractivity contribution >= 4 is 33.2 Å². The number of amides is 1. The lowest BCUT2D eigenvalue weighted by Gasteiger charge is -2.19. The molecule has 4 aromatic rings. The zero-order chi connectivity index (χ0) is 24.7. The average molecular weight is 506 g/mol. The first-order valence-corrected chi connectivity index (χ1v) is 12.6. The van der Waals surface area contributed by atoms with Crippen LogP contribution in [0.15, 0.2) is 108 Å². The monoisotopic (exact) mass is 505 g/mol. The summed E-state index contributed by atoms with van der Waals surface area (Å²) in [4.78, 5) is 13.2. The van der Waals surface area contributed by atoms with E-state index in [1.807, 2.05) is 0 Å². The molecule has 0 heterocycles. The normalized spacial score (nSPS) is 12.0. The van der Waals surface area contributed by atoms with Crippen LogP contribution in [0, 0.1) is 6.07 Å². The average Bonchev–Trinajstić information content (AvgIpc) is 2.86. The molecule has 177 valence electrons. The molecule has 0 aromatic heterocycles. The maximum atomic E-state index is 13.1. The SMILES string of the molecule is O=C(Nc1ccc(Oc2cccc(Cl)c2)cc1)[C@H](Cc1cc[c]cc1)NS(=O)(=O)c1ccccc1. The first-order valence-electron chi connectivity index (χ1n) is 10.8. The minimum atomic E-state index is -3.91. The van der Waals surface area contributed by atoms with Gasteiger partial charge in [0.15, 0.2) is 0 Å². The lowest BCUT2D eigenvalue weighted by atomic mass is 10.1. The Kier molecular flexibility index (Phi) is 7.82. The van der Waals surface area contributed by atoms with Crippen LogP contribution >= 0.6 is 11.6 Å². The molecule has 4 rings (SSSR count). The van der Waals surface area contributed by atoms with Crippen molar-refractivity contribution in [2.45, 2.75) is 17.4 Å². The van der Waals surface area contributed by atoms with Gasteiger partial charge in [-0.25, -0.2) is 8.42 Å². The van der Waals surface area contributed by atoms with Crippen LogP contribution in [0.1, 0.15) is 5.56 Å². The number of hydrogen-bond acceptors (Lipinski definition) is 4. The topological polar surface area (TPSA) is 84.5 Å². The van der Waals surface area contributed by atoms with Crippen LogP contribution in [-0.2, 0) is 21.2 Å². The third kappa shape index (κ3) is 6.93. The first-order chi connectivity index (χ1) is 16.9. The highest BCUT2D eigenvalue weighted by molar-refractivity contribution is 7.89. The van der Waals surface area contributed by atoms with Gasteiger partial charge in [-0.05, 0) is 72.6 Å². The van der Waals surface area contributed by atoms with Crippen molar-refractivity contribution in [3.05, 3.63) is 120 Å². The molecule has 0 spiro atoms. The molecular formula is C27H22ClN2O4S. The van der Waals surface area contributed by atoms with Gasteiger partial charge in [-0.15, -0.1) is 0 Å². The standard InChI is InChI=1S/C27H22ClN2O4S/c28-21-10-7-11-24(19-21)34-23-16-14-22(15-17-23)29-27(31)26(18-20-8-3-1-4-9-20)30-35(32,33)25-12-5-2-6-13-25/h2-17,19,26,30H,18H2,(H,29,31)/t26-/m0/s1. The quantitative estimate of drug-likeness (QED) is 0.316. The maximum Gasteiger partial charge on any atom is 0.242 e. The van der Waals surface area contributed by atoms with E-state index in [4.69, 9.17) is 16.3 Å². The number of anilines is 1. The van der Waals surface area contributed by atoms with E-state index in [1.165, 1.54) is 12.1 Å². The van der Waals surface area contributed by atoms with Gasteiger partial charge in [-0.1, -0.05) is 60.1 Å². The predicted molar refractivity (Wildman–Crippen MR) is 136 cm³/mol. The van der Waals surface area contributed by atoms with Crippen LogP contribution in [0.3, 0.4) is 0 Å². The van der Waals surface area contributed by atoms with Gasteiger partial charge >= 0.3 is 0 Å². The predicted octanol–water partition coefficient (Wildman–Crippen LogP) is 5.46. The second kappa shape index (κ2) is 11.2. The largest absolute Gasteiger partial charge is 0.457 e. The zero-order valence-corrected chi connectivity index (χ0v) is 20.1. The summed E-state index contributed by atoms with van der Waals surface area (Å²) < 4.78 is 34.1. The molecule has 4 aromatic carbocycles. The van der Waals surface area contributed by atoms with E-state index in [9.17, 15) is 13.2 Å². The van der Waals surface area contributed by atoms with Gasteiger partial charge in [0.1, 0.15) is 17.5 Å². The fourth-order valence-electron chi connectivity index (χ4n) is 3.34. The van der Waals surface area contributed by atoms with Gasteiger partial charge < -0.3 is 10.1 Å². The van der Waals surface area contributed by atoms with E-state index in [2.05, 4.69) is 16.1 Å². The molecule has 6 nitrogen and oxygen atoms in total. The van der Waals surface area contributed by atoms with Crippen LogP contribution in [-0.4, -0.2) is 20.4 Å². The van der Waals surface area contributed by atoms with Gasteiger partial charge in [0, 0.05) is 10.7 Å². The minimum absolute atomic E-state index is 0.0849. The second-order valence-corrected chi connectivity index (χ2v) is 9.82. The van der Waals surface area contributed by atoms with Gasteiger partial charge in [-0.2, -0.15) is 4.72 Å². The van der Waals surface area contributed by atoms with Gasteiger partial charge in [0.05, 0.1) is 4.90 Å². The Morgan fingerprint density at radius 3 is 2.29 bits per heavy atom. The summed E-state index contributed by atoms with van der Waals surface area (Å²) in [5.74, 6) is 0.665. The second-order valence-electron chi connectivity index (χ2n) is 7.67. The highest BCUT2D eigenvalue weighted by atomic mass is 35.5. The Hall–Kier alpha value is -3.65. The number of halogens is 1. The lowest BCUT2D eigenvalue weighted by molar-refractivity contribution is -0.117. The maximum absolute atomic E-state index is 13.1. The van der Waals surface area contributed by atoms with Gasteiger partial charge in [-0.3, -0.25) is 4.79 Å². The smallest absolute Gasteiger partial charge is 0.242 e. The molecule has 0 aliphatic heterocycles. The highest BCUT2D eigenvalue weighted by Gasteiger charge is 2.26. The lowest BCUT2D eigenvalue weighted by Crippen LogP contribution is -2.45. The van der Waals surface area contributed by atoms with Crippen molar-refractivity contribution in [2.24, 2.45) is 0 Å². The van der Waals surface area contributed by atoms with Crippen LogP contribution in [0.25, 0.3) is 0 Å². The number of benzene rings is 4. The Labute approximate surface area is 209 Å². The number of nitrogens with one attached hydrogen (secondary N) is 2. The third-order valence-corrected chi connectivity index (χ3v) is 6.77. The Bertz CT molecular complexity index is 1380. The fraction of sp³-hybridized carbons (Fsp3) is 0.0741. The summed E-state index contributed by atoms with van der Waals surface area (Å²) in [5, 5.41) is 3.35. The van der Waals surface area contributed by atoms with Crippen molar-refractivity contribution in [3.8, 4) is 11.5 Å². The molecule has 35 heavy (non-hydrogen) atoms. The molecule has 0 saturated heterocycles. The summed E-state index contributed by atoms with van der Waals surface area (Å²) in [5.41, 5.74) is 1.30. The summed E-state index contributed by atoms with van der Waals surface area (Å²) in [7, 11) is -3.91. The Morgan fingerprint density at radius 2 is 1.60 bits per heavy atom.